The molecule has 0 fully saturated rings. The molecule has 0 saturated heterocycles. The zero-order valence-corrected chi connectivity index (χ0v) is 7.74. The molecule has 0 heterocycles. The van der Waals surface area contributed by atoms with E-state index in [-0.39, 0.29) is 6.42 Å². The Morgan fingerprint density at radius 2 is 2.36 bits per heavy atom. The lowest BCUT2D eigenvalue weighted by Gasteiger charge is -2.12. The fraction of sp³-hybridized carbons (Fsp3) is 0.300. The van der Waals surface area contributed by atoms with Crippen molar-refractivity contribution in [3.63, 3.8) is 0 Å². The van der Waals surface area contributed by atoms with E-state index in [4.69, 9.17) is 9.84 Å². The van der Waals surface area contributed by atoms with Crippen molar-refractivity contribution in [2.45, 2.75) is 19.4 Å². The molecule has 1 N–H and O–H groups in total. The fourth-order valence-corrected chi connectivity index (χ4v) is 1.06. The SMILES string of the molecule is CC(CC(=O)O)Oc1cccc(F)c1. The van der Waals surface area contributed by atoms with Crippen molar-refractivity contribution in [1.29, 1.82) is 0 Å². The van der Waals surface area contributed by atoms with Crippen LogP contribution in [0.3, 0.4) is 0 Å². The molecule has 3 nitrogen and oxygen atoms in total. The standard InChI is InChI=1S/C10H11FO3/c1-7(5-10(12)13)14-9-4-2-3-8(11)6-9/h2-4,6-7H,5H2,1H3,(H,12,13). The maximum absolute atomic E-state index is 12.7. The van der Waals surface area contributed by atoms with Crippen LogP contribution in [0.4, 0.5) is 4.39 Å². The van der Waals surface area contributed by atoms with Crippen LogP contribution >= 0.6 is 0 Å². The summed E-state index contributed by atoms with van der Waals surface area (Å²) in [7, 11) is 0. The van der Waals surface area contributed by atoms with Crippen molar-refractivity contribution in [1.82, 2.24) is 0 Å². The molecule has 0 saturated carbocycles. The highest BCUT2D eigenvalue weighted by molar-refractivity contribution is 5.67. The third-order valence-corrected chi connectivity index (χ3v) is 1.60. The van der Waals surface area contributed by atoms with Gasteiger partial charge in [-0.05, 0) is 19.1 Å². The summed E-state index contributed by atoms with van der Waals surface area (Å²) >= 11 is 0. The molecule has 0 spiro atoms. The second kappa shape index (κ2) is 4.60. The number of carbonyl (C=O) groups is 1. The molecule has 0 aliphatic rings. The molecule has 0 aromatic heterocycles. The normalized spacial score (nSPS) is 12.1. The number of aliphatic carboxylic acids is 1. The molecule has 1 aromatic carbocycles. The number of carboxylic acids is 1. The van der Waals surface area contributed by atoms with Gasteiger partial charge in [-0.3, -0.25) is 4.79 Å². The van der Waals surface area contributed by atoms with E-state index in [9.17, 15) is 9.18 Å². The van der Waals surface area contributed by atoms with Gasteiger partial charge in [0, 0.05) is 6.07 Å². The van der Waals surface area contributed by atoms with Gasteiger partial charge in [0.05, 0.1) is 6.42 Å². The van der Waals surface area contributed by atoms with Gasteiger partial charge < -0.3 is 9.84 Å². The predicted octanol–water partition coefficient (Wildman–Crippen LogP) is 2.07. The fourth-order valence-electron chi connectivity index (χ4n) is 1.06. The van der Waals surface area contributed by atoms with Gasteiger partial charge >= 0.3 is 5.97 Å². The molecule has 0 aliphatic heterocycles. The molecule has 1 rings (SSSR count). The third-order valence-electron chi connectivity index (χ3n) is 1.60. The van der Waals surface area contributed by atoms with E-state index in [1.165, 1.54) is 18.2 Å². The highest BCUT2D eigenvalue weighted by atomic mass is 19.1. The third kappa shape index (κ3) is 3.43. The van der Waals surface area contributed by atoms with Gasteiger partial charge in [-0.25, -0.2) is 4.39 Å². The molecule has 14 heavy (non-hydrogen) atoms. The minimum Gasteiger partial charge on any atom is -0.490 e. The summed E-state index contributed by atoms with van der Waals surface area (Å²) in [6, 6.07) is 5.62. The van der Waals surface area contributed by atoms with Gasteiger partial charge in [0.15, 0.2) is 0 Å². The van der Waals surface area contributed by atoms with Crippen LogP contribution in [-0.2, 0) is 4.79 Å². The van der Waals surface area contributed by atoms with Gasteiger partial charge in [0.1, 0.15) is 17.7 Å². The Kier molecular flexibility index (Phi) is 3.45. The number of carboxylic acid groups (broad SMARTS) is 1. The molecule has 0 radical (unpaired) electrons. The summed E-state index contributed by atoms with van der Waals surface area (Å²) in [6.07, 6.45) is -0.564. The smallest absolute Gasteiger partial charge is 0.307 e. The van der Waals surface area contributed by atoms with Crippen LogP contribution in [0.25, 0.3) is 0 Å². The quantitative estimate of drug-likeness (QED) is 0.805. The second-order valence-electron chi connectivity index (χ2n) is 2.98. The van der Waals surface area contributed by atoms with E-state index in [1.807, 2.05) is 0 Å². The zero-order chi connectivity index (χ0) is 10.6. The first-order valence-electron chi connectivity index (χ1n) is 4.22. The van der Waals surface area contributed by atoms with Crippen molar-refractivity contribution in [3.05, 3.63) is 30.1 Å². The van der Waals surface area contributed by atoms with Crippen molar-refractivity contribution in [2.75, 3.05) is 0 Å². The number of halogens is 1. The average Bonchev–Trinajstić information content (AvgIpc) is 2.01. The van der Waals surface area contributed by atoms with Crippen LogP contribution in [0, 0.1) is 5.82 Å². The first-order valence-corrected chi connectivity index (χ1v) is 4.22. The molecule has 0 aliphatic carbocycles. The number of ether oxygens (including phenoxy) is 1. The van der Waals surface area contributed by atoms with Crippen LogP contribution in [0.1, 0.15) is 13.3 Å². The van der Waals surface area contributed by atoms with Crippen LogP contribution in [-0.4, -0.2) is 17.2 Å². The molecule has 0 amide bonds. The molecule has 76 valence electrons. The minimum atomic E-state index is -0.936. The van der Waals surface area contributed by atoms with E-state index >= 15 is 0 Å². The van der Waals surface area contributed by atoms with Crippen molar-refractivity contribution in [2.24, 2.45) is 0 Å². The average molecular weight is 198 g/mol. The van der Waals surface area contributed by atoms with Crippen LogP contribution < -0.4 is 4.74 Å². The van der Waals surface area contributed by atoms with Gasteiger partial charge in [0.25, 0.3) is 0 Å². The molecule has 1 aromatic rings. The maximum Gasteiger partial charge on any atom is 0.307 e. The topological polar surface area (TPSA) is 46.5 Å². The van der Waals surface area contributed by atoms with Gasteiger partial charge in [-0.2, -0.15) is 0 Å². The monoisotopic (exact) mass is 198 g/mol. The minimum absolute atomic E-state index is 0.101. The number of benzene rings is 1. The molecule has 1 unspecified atom stereocenters. The molecular formula is C10H11FO3. The van der Waals surface area contributed by atoms with Gasteiger partial charge in [0.2, 0.25) is 0 Å². The first-order chi connectivity index (χ1) is 6.58. The van der Waals surface area contributed by atoms with Gasteiger partial charge in [-0.15, -0.1) is 0 Å². The van der Waals surface area contributed by atoms with Crippen LogP contribution in [0.2, 0.25) is 0 Å². The molecule has 1 atom stereocenters. The highest BCUT2D eigenvalue weighted by Crippen LogP contribution is 2.14. The molecule has 0 bridgehead atoms. The Hall–Kier alpha value is -1.58. The lowest BCUT2D eigenvalue weighted by Crippen LogP contribution is -2.16. The van der Waals surface area contributed by atoms with Gasteiger partial charge in [-0.1, -0.05) is 6.07 Å². The predicted molar refractivity (Wildman–Crippen MR) is 48.7 cm³/mol. The summed E-state index contributed by atoms with van der Waals surface area (Å²) in [4.78, 5) is 10.3. The largest absolute Gasteiger partial charge is 0.490 e. The Morgan fingerprint density at radius 3 is 2.93 bits per heavy atom. The summed E-state index contributed by atoms with van der Waals surface area (Å²) in [5, 5.41) is 8.46. The van der Waals surface area contributed by atoms with E-state index < -0.39 is 17.9 Å². The highest BCUT2D eigenvalue weighted by Gasteiger charge is 2.08. The van der Waals surface area contributed by atoms with Crippen LogP contribution in [0.15, 0.2) is 24.3 Å². The summed E-state index contributed by atoms with van der Waals surface area (Å²) in [5.74, 6) is -0.988. The maximum atomic E-state index is 12.7. The Balaban J connectivity index is 2.55. The van der Waals surface area contributed by atoms with E-state index in [1.54, 1.807) is 13.0 Å². The van der Waals surface area contributed by atoms with E-state index in [0.29, 0.717) is 5.75 Å². The lowest BCUT2D eigenvalue weighted by atomic mass is 10.3. The van der Waals surface area contributed by atoms with Crippen molar-refractivity contribution < 1.29 is 19.0 Å². The Labute approximate surface area is 81.1 Å². The van der Waals surface area contributed by atoms with E-state index in [2.05, 4.69) is 0 Å². The number of hydrogen-bond acceptors (Lipinski definition) is 2. The lowest BCUT2D eigenvalue weighted by molar-refractivity contribution is -0.138. The van der Waals surface area contributed by atoms with Crippen molar-refractivity contribution in [3.8, 4) is 5.75 Å². The van der Waals surface area contributed by atoms with Crippen molar-refractivity contribution >= 4 is 5.97 Å². The molecular weight excluding hydrogens is 187 g/mol. The zero-order valence-electron chi connectivity index (χ0n) is 7.74. The summed E-state index contributed by atoms with van der Waals surface area (Å²) in [6.45, 7) is 1.62. The number of hydrogen-bond donors (Lipinski definition) is 1. The first kappa shape index (κ1) is 10.5. The molecule has 4 heteroatoms. The van der Waals surface area contributed by atoms with Crippen LogP contribution in [0.5, 0.6) is 5.75 Å². The Bertz CT molecular complexity index is 325. The second-order valence-corrected chi connectivity index (χ2v) is 2.98. The van der Waals surface area contributed by atoms with E-state index in [0.717, 1.165) is 0 Å². The Morgan fingerprint density at radius 1 is 1.64 bits per heavy atom. The summed E-state index contributed by atoms with van der Waals surface area (Å²) in [5.41, 5.74) is 0. The summed E-state index contributed by atoms with van der Waals surface area (Å²) < 4.78 is 17.9. The number of rotatable bonds is 4.